The first-order valence-electron chi connectivity index (χ1n) is 18.8. The maximum absolute atomic E-state index is 13.8. The zero-order valence-corrected chi connectivity index (χ0v) is 29.4. The van der Waals surface area contributed by atoms with Crippen molar-refractivity contribution in [1.29, 1.82) is 0 Å². The van der Waals surface area contributed by atoms with Crippen molar-refractivity contribution in [1.82, 2.24) is 9.97 Å². The van der Waals surface area contributed by atoms with Gasteiger partial charge in [0.2, 0.25) is 0 Å². The largest absolute Gasteiger partial charge is 0.462 e. The van der Waals surface area contributed by atoms with Crippen molar-refractivity contribution in [2.75, 3.05) is 13.2 Å². The second-order valence-corrected chi connectivity index (χ2v) is 13.1. The summed E-state index contributed by atoms with van der Waals surface area (Å²) >= 11 is 0. The van der Waals surface area contributed by atoms with E-state index >= 15 is 0 Å². The van der Waals surface area contributed by atoms with Gasteiger partial charge in [-0.1, -0.05) is 153 Å². The second-order valence-electron chi connectivity index (χ2n) is 13.1. The van der Waals surface area contributed by atoms with Crippen LogP contribution < -0.4 is 0 Å². The average molecular weight is 653 g/mol. The minimum Gasteiger partial charge on any atom is -0.462 e. The van der Waals surface area contributed by atoms with E-state index in [1.165, 1.54) is 77.0 Å². The number of carbonyl (C=O) groups excluding carboxylic acids is 2. The van der Waals surface area contributed by atoms with E-state index in [1.54, 1.807) is 12.4 Å². The number of aromatic nitrogens is 2. The summed E-state index contributed by atoms with van der Waals surface area (Å²) in [5.74, 6) is -0.823. The van der Waals surface area contributed by atoms with Crippen molar-refractivity contribution < 1.29 is 19.1 Å². The highest BCUT2D eigenvalue weighted by molar-refractivity contribution is 6.14. The summed E-state index contributed by atoms with van der Waals surface area (Å²) < 4.78 is 11.8. The average Bonchev–Trinajstić information content (AvgIpc) is 3.12. The molecule has 4 rings (SSSR count). The van der Waals surface area contributed by atoms with Crippen LogP contribution in [0.4, 0.5) is 0 Å². The Balaban J connectivity index is 1.47. The van der Waals surface area contributed by atoms with Crippen LogP contribution in [0.3, 0.4) is 0 Å². The van der Waals surface area contributed by atoms with E-state index in [9.17, 15) is 9.59 Å². The van der Waals surface area contributed by atoms with Gasteiger partial charge in [0, 0.05) is 34.3 Å². The maximum Gasteiger partial charge on any atom is 0.339 e. The molecule has 0 atom stereocenters. The SMILES string of the molecule is CCCCCCCCCCCOC(=O)c1c(-c2cnc3ccccc3c2C(=O)OCCCCCCCCCCC)cnc2ccccc12. The first-order valence-corrected chi connectivity index (χ1v) is 18.8. The molecule has 0 amide bonds. The number of benzene rings is 2. The number of carbonyl (C=O) groups is 2. The number of para-hydroxylation sites is 2. The van der Waals surface area contributed by atoms with Crippen molar-refractivity contribution >= 4 is 33.7 Å². The Labute approximate surface area is 288 Å². The van der Waals surface area contributed by atoms with Crippen LogP contribution in [0.2, 0.25) is 0 Å². The highest BCUT2D eigenvalue weighted by Gasteiger charge is 2.25. The van der Waals surface area contributed by atoms with Crippen molar-refractivity contribution in [2.45, 2.75) is 129 Å². The predicted octanol–water partition coefficient (Wildman–Crippen LogP) is 11.8. The number of nitrogens with zero attached hydrogens (tertiary/aromatic N) is 2. The van der Waals surface area contributed by atoms with Gasteiger partial charge in [0.25, 0.3) is 0 Å². The van der Waals surface area contributed by atoms with Gasteiger partial charge in [-0.3, -0.25) is 9.97 Å². The molecule has 48 heavy (non-hydrogen) atoms. The quantitative estimate of drug-likeness (QED) is 0.0586. The van der Waals surface area contributed by atoms with Crippen LogP contribution in [0.25, 0.3) is 32.9 Å². The molecule has 0 radical (unpaired) electrons. The molecular weight excluding hydrogens is 596 g/mol. The van der Waals surface area contributed by atoms with E-state index in [4.69, 9.17) is 9.47 Å². The number of fused-ring (bicyclic) bond motifs is 2. The first kappa shape index (κ1) is 37.0. The molecule has 0 fully saturated rings. The third kappa shape index (κ3) is 11.1. The van der Waals surface area contributed by atoms with Crippen molar-refractivity contribution in [3.05, 3.63) is 72.1 Å². The zero-order valence-electron chi connectivity index (χ0n) is 29.4. The monoisotopic (exact) mass is 652 g/mol. The maximum atomic E-state index is 13.8. The van der Waals surface area contributed by atoms with Crippen LogP contribution in [0.1, 0.15) is 150 Å². The molecule has 0 bridgehead atoms. The smallest absolute Gasteiger partial charge is 0.339 e. The molecule has 0 saturated carbocycles. The number of hydrogen-bond donors (Lipinski definition) is 0. The molecule has 2 aromatic carbocycles. The zero-order chi connectivity index (χ0) is 33.8. The molecule has 2 aromatic heterocycles. The normalized spacial score (nSPS) is 11.3. The first-order chi connectivity index (χ1) is 23.7. The predicted molar refractivity (Wildman–Crippen MR) is 197 cm³/mol. The minimum absolute atomic E-state index is 0.356. The number of pyridine rings is 2. The lowest BCUT2D eigenvalue weighted by atomic mass is 9.93. The van der Waals surface area contributed by atoms with Gasteiger partial charge in [-0.05, 0) is 25.0 Å². The van der Waals surface area contributed by atoms with E-state index in [0.717, 1.165) is 38.5 Å². The fourth-order valence-corrected chi connectivity index (χ4v) is 6.43. The van der Waals surface area contributed by atoms with E-state index in [-0.39, 0.29) is 0 Å². The molecule has 0 saturated heterocycles. The summed E-state index contributed by atoms with van der Waals surface area (Å²) in [6.07, 6.45) is 24.8. The van der Waals surface area contributed by atoms with E-state index in [2.05, 4.69) is 23.8 Å². The van der Waals surface area contributed by atoms with Gasteiger partial charge in [0.1, 0.15) is 0 Å². The van der Waals surface area contributed by atoms with Crippen LogP contribution in [0.15, 0.2) is 60.9 Å². The molecule has 0 N–H and O–H groups in total. The summed E-state index contributed by atoms with van der Waals surface area (Å²) in [5.41, 5.74) is 3.25. The lowest BCUT2D eigenvalue weighted by Crippen LogP contribution is -2.13. The van der Waals surface area contributed by atoms with E-state index in [1.807, 2.05) is 48.5 Å². The van der Waals surface area contributed by atoms with Crippen LogP contribution in [0, 0.1) is 0 Å². The molecule has 0 aliphatic rings. The third-order valence-electron chi connectivity index (χ3n) is 9.21. The Kier molecular flexibility index (Phi) is 16.4. The minimum atomic E-state index is -0.412. The standard InChI is InChI=1S/C42H56N2O4/c1-3-5-7-9-11-13-15-17-23-29-47-41(45)39-33-25-19-21-27-37(33)43-31-35(39)36-32-44-38-28-22-20-26-34(38)40(36)42(46)48-30-24-18-16-14-12-10-8-6-4-2/h19-22,25-28,31-32H,3-18,23-24,29-30H2,1-2H3. The Morgan fingerprint density at radius 2 is 0.812 bits per heavy atom. The van der Waals surface area contributed by atoms with Gasteiger partial charge in [-0.2, -0.15) is 0 Å². The molecule has 0 spiro atoms. The molecule has 6 heteroatoms. The topological polar surface area (TPSA) is 78.4 Å². The van der Waals surface area contributed by atoms with Gasteiger partial charge in [0.15, 0.2) is 0 Å². The Hall–Kier alpha value is -3.80. The molecular formula is C42H56N2O4. The molecule has 4 aromatic rings. The van der Waals surface area contributed by atoms with Gasteiger partial charge >= 0.3 is 11.9 Å². The lowest BCUT2D eigenvalue weighted by Gasteiger charge is -2.16. The van der Waals surface area contributed by atoms with Gasteiger partial charge < -0.3 is 9.47 Å². The van der Waals surface area contributed by atoms with Crippen molar-refractivity contribution in [3.8, 4) is 11.1 Å². The fourth-order valence-electron chi connectivity index (χ4n) is 6.43. The number of esters is 2. The number of ether oxygens (including phenoxy) is 2. The van der Waals surface area contributed by atoms with Gasteiger partial charge in [-0.25, -0.2) is 9.59 Å². The number of hydrogen-bond acceptors (Lipinski definition) is 6. The van der Waals surface area contributed by atoms with Gasteiger partial charge in [0.05, 0.1) is 35.4 Å². The van der Waals surface area contributed by atoms with E-state index in [0.29, 0.717) is 57.3 Å². The van der Waals surface area contributed by atoms with E-state index < -0.39 is 11.9 Å². The van der Waals surface area contributed by atoms with Crippen LogP contribution >= 0.6 is 0 Å². The summed E-state index contributed by atoms with van der Waals surface area (Å²) in [5, 5.41) is 1.38. The summed E-state index contributed by atoms with van der Waals surface area (Å²) in [6.45, 7) is 5.19. The van der Waals surface area contributed by atoms with Crippen molar-refractivity contribution in [2.24, 2.45) is 0 Å². The Morgan fingerprint density at radius 3 is 1.19 bits per heavy atom. The van der Waals surface area contributed by atoms with Crippen LogP contribution in [-0.2, 0) is 9.47 Å². The Bertz CT molecular complexity index is 1450. The summed E-state index contributed by atoms with van der Waals surface area (Å²) in [4.78, 5) is 37.0. The summed E-state index contributed by atoms with van der Waals surface area (Å²) in [7, 11) is 0. The molecule has 258 valence electrons. The molecule has 2 heterocycles. The molecule has 0 aliphatic heterocycles. The number of rotatable bonds is 23. The summed E-state index contributed by atoms with van der Waals surface area (Å²) in [6, 6.07) is 15.1. The molecule has 0 aliphatic carbocycles. The van der Waals surface area contributed by atoms with Gasteiger partial charge in [-0.15, -0.1) is 0 Å². The van der Waals surface area contributed by atoms with Crippen LogP contribution in [-0.4, -0.2) is 35.1 Å². The van der Waals surface area contributed by atoms with Crippen LogP contribution in [0.5, 0.6) is 0 Å². The Morgan fingerprint density at radius 1 is 0.479 bits per heavy atom. The second kappa shape index (κ2) is 21.2. The fraction of sp³-hybridized carbons (Fsp3) is 0.524. The van der Waals surface area contributed by atoms with Crippen molar-refractivity contribution in [3.63, 3.8) is 0 Å². The lowest BCUT2D eigenvalue weighted by molar-refractivity contribution is 0.0489. The third-order valence-corrected chi connectivity index (χ3v) is 9.21. The highest BCUT2D eigenvalue weighted by atomic mass is 16.5. The molecule has 0 unspecified atom stereocenters. The highest BCUT2D eigenvalue weighted by Crippen LogP contribution is 2.35. The molecule has 6 nitrogen and oxygen atoms in total. The number of unbranched alkanes of at least 4 members (excludes halogenated alkanes) is 16.